The molecule has 0 heterocycles. The van der Waals surface area contributed by atoms with E-state index in [0.717, 1.165) is 0 Å². The molecule has 2 fully saturated rings. The lowest BCUT2D eigenvalue weighted by molar-refractivity contribution is -0.183. The normalized spacial score (nSPS) is 27.5. The Bertz CT molecular complexity index is 763. The molecule has 0 unspecified atom stereocenters. The van der Waals surface area contributed by atoms with Crippen LogP contribution in [0.5, 0.6) is 0 Å². The van der Waals surface area contributed by atoms with Gasteiger partial charge in [0.05, 0.1) is 17.4 Å². The van der Waals surface area contributed by atoms with Crippen molar-refractivity contribution < 1.29 is 31.1 Å². The van der Waals surface area contributed by atoms with Gasteiger partial charge in [0.15, 0.2) is 0 Å². The summed E-state index contributed by atoms with van der Waals surface area (Å²) in [7, 11) is 0. The number of halogens is 6. The number of nitrogen functional groups attached to an aromatic ring is 1. The van der Waals surface area contributed by atoms with E-state index in [-0.39, 0.29) is 56.2 Å². The molecule has 0 saturated heterocycles. The van der Waals surface area contributed by atoms with Gasteiger partial charge in [-0.3, -0.25) is 4.79 Å². The maximum atomic E-state index is 12.9. The minimum absolute atomic E-state index is 0.0279. The topological polar surface area (TPSA) is 67.1 Å². The first-order valence-corrected chi connectivity index (χ1v) is 10.5. The molecule has 10 heteroatoms. The van der Waals surface area contributed by atoms with Crippen LogP contribution in [0.1, 0.15) is 61.7 Å². The van der Waals surface area contributed by atoms with Gasteiger partial charge in [-0.25, -0.2) is 0 Å². The molecule has 2 aliphatic carbocycles. The number of carbonyl (C=O) groups excluding carboxylic acids is 1. The monoisotopic (exact) mass is 451 g/mol. The molecule has 31 heavy (non-hydrogen) atoms. The summed E-state index contributed by atoms with van der Waals surface area (Å²) in [6.45, 7) is 0. The second-order valence-electron chi connectivity index (χ2n) is 8.60. The number of anilines is 2. The quantitative estimate of drug-likeness (QED) is 0.409. The van der Waals surface area contributed by atoms with Crippen LogP contribution in [-0.2, 0) is 0 Å². The van der Waals surface area contributed by atoms with E-state index in [4.69, 9.17) is 5.73 Å². The number of nitrogens with one attached hydrogen (secondary N) is 2. The molecular weight excluding hydrogens is 424 g/mol. The maximum absolute atomic E-state index is 12.9. The number of carbonyl (C=O) groups is 1. The Morgan fingerprint density at radius 2 is 1.29 bits per heavy atom. The highest BCUT2D eigenvalue weighted by Crippen LogP contribution is 2.39. The Morgan fingerprint density at radius 1 is 0.806 bits per heavy atom. The highest BCUT2D eigenvalue weighted by molar-refractivity contribution is 6.00. The molecule has 0 bridgehead atoms. The zero-order chi connectivity index (χ0) is 22.8. The van der Waals surface area contributed by atoms with Crippen molar-refractivity contribution in [1.82, 2.24) is 5.32 Å². The average molecular weight is 451 g/mol. The SMILES string of the molecule is Nc1ccc(N[C@H]2CC[C@H](C(F)(F)F)CC2)c(C(=O)N[C@H]2CC[C@H](C(F)(F)F)CC2)c1. The first kappa shape index (κ1) is 23.5. The molecule has 0 atom stereocenters. The van der Waals surface area contributed by atoms with Crippen molar-refractivity contribution in [1.29, 1.82) is 0 Å². The predicted octanol–water partition coefficient (Wildman–Crippen LogP) is 5.65. The van der Waals surface area contributed by atoms with E-state index in [0.29, 0.717) is 24.2 Å². The van der Waals surface area contributed by atoms with Crippen molar-refractivity contribution in [3.05, 3.63) is 23.8 Å². The number of benzene rings is 1. The number of alkyl halides is 6. The number of rotatable bonds is 4. The molecule has 4 nitrogen and oxygen atoms in total. The van der Waals surface area contributed by atoms with Gasteiger partial charge in [0, 0.05) is 23.5 Å². The summed E-state index contributed by atoms with van der Waals surface area (Å²) >= 11 is 0. The first-order chi connectivity index (χ1) is 14.4. The summed E-state index contributed by atoms with van der Waals surface area (Å²) in [5, 5.41) is 5.95. The molecule has 0 spiro atoms. The van der Waals surface area contributed by atoms with Crippen LogP contribution in [0.3, 0.4) is 0 Å². The van der Waals surface area contributed by atoms with Crippen LogP contribution in [0.15, 0.2) is 18.2 Å². The van der Waals surface area contributed by atoms with E-state index in [1.165, 1.54) is 6.07 Å². The van der Waals surface area contributed by atoms with Crippen LogP contribution in [0.4, 0.5) is 37.7 Å². The van der Waals surface area contributed by atoms with Gasteiger partial charge in [-0.1, -0.05) is 0 Å². The molecule has 0 radical (unpaired) electrons. The van der Waals surface area contributed by atoms with E-state index in [1.807, 2.05) is 0 Å². The van der Waals surface area contributed by atoms with Crippen molar-refractivity contribution >= 4 is 17.3 Å². The van der Waals surface area contributed by atoms with E-state index < -0.39 is 30.1 Å². The summed E-state index contributed by atoms with van der Waals surface area (Å²) in [5.41, 5.74) is 6.86. The molecule has 2 saturated carbocycles. The summed E-state index contributed by atoms with van der Waals surface area (Å²) in [4.78, 5) is 12.8. The van der Waals surface area contributed by atoms with Gasteiger partial charge in [-0.2, -0.15) is 26.3 Å². The highest BCUT2D eigenvalue weighted by atomic mass is 19.4. The number of amides is 1. The smallest absolute Gasteiger partial charge is 0.391 e. The number of hydrogen-bond acceptors (Lipinski definition) is 3. The first-order valence-electron chi connectivity index (χ1n) is 10.5. The summed E-state index contributed by atoms with van der Waals surface area (Å²) in [6, 6.07) is 4.12. The lowest BCUT2D eigenvalue weighted by Gasteiger charge is -2.32. The Labute approximate surface area is 176 Å². The van der Waals surface area contributed by atoms with Crippen molar-refractivity contribution in [3.63, 3.8) is 0 Å². The van der Waals surface area contributed by atoms with E-state index in [1.54, 1.807) is 12.1 Å². The third kappa shape index (κ3) is 6.20. The predicted molar refractivity (Wildman–Crippen MR) is 106 cm³/mol. The van der Waals surface area contributed by atoms with Crippen molar-refractivity contribution in [3.8, 4) is 0 Å². The van der Waals surface area contributed by atoms with Crippen LogP contribution >= 0.6 is 0 Å². The van der Waals surface area contributed by atoms with Gasteiger partial charge in [-0.05, 0) is 69.6 Å². The van der Waals surface area contributed by atoms with E-state index in [9.17, 15) is 31.1 Å². The zero-order valence-electron chi connectivity index (χ0n) is 17.0. The molecule has 0 aliphatic heterocycles. The molecule has 3 rings (SSSR count). The van der Waals surface area contributed by atoms with Gasteiger partial charge in [-0.15, -0.1) is 0 Å². The summed E-state index contributed by atoms with van der Waals surface area (Å²) < 4.78 is 77.1. The number of hydrogen-bond donors (Lipinski definition) is 3. The lowest BCUT2D eigenvalue weighted by atomic mass is 9.85. The fraction of sp³-hybridized carbons (Fsp3) is 0.667. The van der Waals surface area contributed by atoms with Crippen molar-refractivity contribution in [2.45, 2.75) is 75.8 Å². The van der Waals surface area contributed by atoms with E-state index >= 15 is 0 Å². The Hall–Kier alpha value is -2.13. The van der Waals surface area contributed by atoms with Gasteiger partial charge >= 0.3 is 12.4 Å². The largest absolute Gasteiger partial charge is 0.399 e. The molecular formula is C21H27F6N3O. The van der Waals surface area contributed by atoms with Crippen LogP contribution in [0, 0.1) is 11.8 Å². The van der Waals surface area contributed by atoms with Crippen molar-refractivity contribution in [2.24, 2.45) is 11.8 Å². The average Bonchev–Trinajstić information content (AvgIpc) is 2.69. The van der Waals surface area contributed by atoms with Crippen LogP contribution < -0.4 is 16.4 Å². The summed E-state index contributed by atoms with van der Waals surface area (Å²) in [5.74, 6) is -3.09. The van der Waals surface area contributed by atoms with Crippen LogP contribution in [-0.4, -0.2) is 30.3 Å². The van der Waals surface area contributed by atoms with E-state index in [2.05, 4.69) is 10.6 Å². The van der Waals surface area contributed by atoms with Gasteiger partial charge in [0.2, 0.25) is 0 Å². The standard InChI is InChI=1S/C21H27F6N3O/c22-20(23,24)12-1-6-15(7-2-12)29-18-10-5-14(28)11-17(18)19(31)30-16-8-3-13(4-9-16)21(25,26)27/h5,10-13,15-16,29H,1-4,6-9,28H2,(H,30,31)/t12-,13-,15-,16-. The molecule has 2 aliphatic rings. The zero-order valence-corrected chi connectivity index (χ0v) is 17.0. The second-order valence-corrected chi connectivity index (χ2v) is 8.60. The number of nitrogens with two attached hydrogens (primary N) is 1. The van der Waals surface area contributed by atoms with Crippen LogP contribution in [0.25, 0.3) is 0 Å². The maximum Gasteiger partial charge on any atom is 0.391 e. The second kappa shape index (κ2) is 9.16. The van der Waals surface area contributed by atoms with Gasteiger partial charge < -0.3 is 16.4 Å². The molecule has 0 aromatic heterocycles. The van der Waals surface area contributed by atoms with Gasteiger partial charge in [0.1, 0.15) is 0 Å². The molecule has 1 amide bonds. The van der Waals surface area contributed by atoms with Gasteiger partial charge in [0.25, 0.3) is 5.91 Å². The fourth-order valence-electron chi connectivity index (χ4n) is 4.49. The highest BCUT2D eigenvalue weighted by Gasteiger charge is 2.42. The minimum atomic E-state index is -4.22. The Morgan fingerprint density at radius 3 is 1.77 bits per heavy atom. The Balaban J connectivity index is 1.61. The third-order valence-electron chi connectivity index (χ3n) is 6.36. The van der Waals surface area contributed by atoms with Crippen molar-refractivity contribution in [2.75, 3.05) is 11.1 Å². The summed E-state index contributed by atoms with van der Waals surface area (Å²) in [6.07, 6.45) is -7.27. The molecule has 1 aromatic rings. The molecule has 1 aromatic carbocycles. The lowest BCUT2D eigenvalue weighted by Crippen LogP contribution is -2.40. The minimum Gasteiger partial charge on any atom is -0.399 e. The molecule has 4 N–H and O–H groups in total. The third-order valence-corrected chi connectivity index (χ3v) is 6.36. The Kier molecular flexibility index (Phi) is 6.95. The molecule has 174 valence electrons. The fourth-order valence-corrected chi connectivity index (χ4v) is 4.49. The van der Waals surface area contributed by atoms with Crippen LogP contribution in [0.2, 0.25) is 0 Å².